The Kier molecular flexibility index (Phi) is 2.24. The number of Topliss-reactive ketones (excluding diaryl/α,β-unsaturated/α-hetero) is 1. The van der Waals surface area contributed by atoms with Gasteiger partial charge in [0.15, 0.2) is 5.78 Å². The largest absolute Gasteiger partial charge is 0.507 e. The van der Waals surface area contributed by atoms with Crippen molar-refractivity contribution in [2.45, 2.75) is 6.92 Å². The number of carbonyl (C=O) groups is 1. The predicted octanol–water partition coefficient (Wildman–Crippen LogP) is 1.83. The van der Waals surface area contributed by atoms with Crippen molar-refractivity contribution in [3.8, 4) is 5.75 Å². The Labute approximate surface area is 74.8 Å². The van der Waals surface area contributed by atoms with Gasteiger partial charge in [-0.2, -0.15) is 0 Å². The van der Waals surface area contributed by atoms with Crippen molar-refractivity contribution in [3.63, 3.8) is 0 Å². The van der Waals surface area contributed by atoms with Crippen molar-refractivity contribution in [2.24, 2.45) is 0 Å². The lowest BCUT2D eigenvalue weighted by Gasteiger charge is -2.03. The molecule has 1 aromatic rings. The molecule has 0 aliphatic carbocycles. The summed E-state index contributed by atoms with van der Waals surface area (Å²) in [6, 6.07) is 2.62. The van der Waals surface area contributed by atoms with Gasteiger partial charge in [-0.3, -0.25) is 4.79 Å². The maximum atomic E-state index is 10.9. The van der Waals surface area contributed by atoms with E-state index in [1.807, 2.05) is 0 Å². The summed E-state index contributed by atoms with van der Waals surface area (Å²) in [6.45, 7) is 1.35. The highest BCUT2D eigenvalue weighted by molar-refractivity contribution is 6.33. The Morgan fingerprint density at radius 2 is 2.17 bits per heavy atom. The van der Waals surface area contributed by atoms with E-state index in [1.54, 1.807) is 0 Å². The van der Waals surface area contributed by atoms with Gasteiger partial charge in [0.25, 0.3) is 0 Å². The Balaban J connectivity index is 3.33. The van der Waals surface area contributed by atoms with Gasteiger partial charge in [0.2, 0.25) is 0 Å². The Bertz CT molecular complexity index is 336. The molecule has 64 valence electrons. The predicted molar refractivity (Wildman–Crippen MR) is 47.5 cm³/mol. The zero-order chi connectivity index (χ0) is 9.30. The van der Waals surface area contributed by atoms with Gasteiger partial charge < -0.3 is 10.8 Å². The van der Waals surface area contributed by atoms with Gasteiger partial charge in [-0.25, -0.2) is 0 Å². The van der Waals surface area contributed by atoms with Crippen molar-refractivity contribution in [1.82, 2.24) is 0 Å². The molecule has 0 radical (unpaired) electrons. The van der Waals surface area contributed by atoms with Crippen LogP contribution in [0.5, 0.6) is 5.75 Å². The van der Waals surface area contributed by atoms with Crippen LogP contribution in [0.3, 0.4) is 0 Å². The molecule has 12 heavy (non-hydrogen) atoms. The van der Waals surface area contributed by atoms with Gasteiger partial charge in [0, 0.05) is 6.07 Å². The monoisotopic (exact) mass is 185 g/mol. The number of phenols is 1. The van der Waals surface area contributed by atoms with Crippen LogP contribution in [-0.4, -0.2) is 10.9 Å². The molecule has 0 spiro atoms. The number of nitrogens with two attached hydrogens (primary N) is 1. The van der Waals surface area contributed by atoms with Crippen LogP contribution in [0.15, 0.2) is 12.1 Å². The van der Waals surface area contributed by atoms with Crippen molar-refractivity contribution >= 4 is 23.1 Å². The third-order valence-corrected chi connectivity index (χ3v) is 1.82. The van der Waals surface area contributed by atoms with Crippen LogP contribution in [0.25, 0.3) is 0 Å². The lowest BCUT2D eigenvalue weighted by molar-refractivity contribution is 0.101. The highest BCUT2D eigenvalue weighted by Gasteiger charge is 2.08. The second kappa shape index (κ2) is 3.03. The Morgan fingerprint density at radius 3 is 2.67 bits per heavy atom. The van der Waals surface area contributed by atoms with Crippen LogP contribution in [0.4, 0.5) is 5.69 Å². The fourth-order valence-electron chi connectivity index (χ4n) is 0.860. The van der Waals surface area contributed by atoms with Gasteiger partial charge in [-0.05, 0) is 13.0 Å². The fraction of sp³-hybridized carbons (Fsp3) is 0.125. The van der Waals surface area contributed by atoms with Gasteiger partial charge in [-0.15, -0.1) is 0 Å². The number of hydrogen-bond donors (Lipinski definition) is 2. The molecule has 0 fully saturated rings. The Hall–Kier alpha value is -1.22. The lowest BCUT2D eigenvalue weighted by atomic mass is 10.1. The second-order valence-corrected chi connectivity index (χ2v) is 2.85. The molecule has 0 aliphatic heterocycles. The summed E-state index contributed by atoms with van der Waals surface area (Å²) in [5, 5.41) is 9.50. The SMILES string of the molecule is CC(=O)c1cc(Cl)c(N)cc1O. The van der Waals surface area contributed by atoms with Crippen LogP contribution in [0.1, 0.15) is 17.3 Å². The quantitative estimate of drug-likeness (QED) is 0.518. The molecule has 4 heteroatoms. The number of anilines is 1. The summed E-state index contributed by atoms with van der Waals surface area (Å²) in [5.41, 5.74) is 5.84. The number of aromatic hydroxyl groups is 1. The van der Waals surface area contributed by atoms with E-state index in [-0.39, 0.29) is 27.8 Å². The number of benzene rings is 1. The number of hydrogen-bond acceptors (Lipinski definition) is 3. The molecule has 0 unspecified atom stereocenters. The average Bonchev–Trinajstić information content (AvgIpc) is 1.96. The number of phenolic OH excluding ortho intramolecular Hbond substituents is 1. The number of nitrogen functional groups attached to an aromatic ring is 1. The molecule has 3 N–H and O–H groups in total. The molecule has 0 heterocycles. The fourth-order valence-corrected chi connectivity index (χ4v) is 1.02. The van der Waals surface area contributed by atoms with Crippen LogP contribution < -0.4 is 5.73 Å². The van der Waals surface area contributed by atoms with E-state index in [9.17, 15) is 9.90 Å². The van der Waals surface area contributed by atoms with E-state index in [0.717, 1.165) is 0 Å². The van der Waals surface area contributed by atoms with E-state index >= 15 is 0 Å². The summed E-state index contributed by atoms with van der Waals surface area (Å²) < 4.78 is 0. The van der Waals surface area contributed by atoms with E-state index in [1.165, 1.54) is 19.1 Å². The average molecular weight is 186 g/mol. The standard InChI is InChI=1S/C8H8ClNO2/c1-4(11)5-2-6(9)7(10)3-8(5)12/h2-3,12H,10H2,1H3. The number of rotatable bonds is 1. The molecule has 0 aromatic heterocycles. The van der Waals surface area contributed by atoms with E-state index < -0.39 is 0 Å². The number of halogens is 1. The first-order chi connectivity index (χ1) is 5.52. The minimum Gasteiger partial charge on any atom is -0.507 e. The van der Waals surface area contributed by atoms with Crippen LogP contribution in [-0.2, 0) is 0 Å². The van der Waals surface area contributed by atoms with E-state index in [2.05, 4.69) is 0 Å². The molecule has 0 aliphatic rings. The van der Waals surface area contributed by atoms with Crippen molar-refractivity contribution in [1.29, 1.82) is 0 Å². The van der Waals surface area contributed by atoms with Crippen LogP contribution in [0.2, 0.25) is 5.02 Å². The lowest BCUT2D eigenvalue weighted by Crippen LogP contribution is -1.95. The van der Waals surface area contributed by atoms with Crippen molar-refractivity contribution in [2.75, 3.05) is 5.73 Å². The summed E-state index contributed by atoms with van der Waals surface area (Å²) in [4.78, 5) is 10.9. The third-order valence-electron chi connectivity index (χ3n) is 1.49. The minimum atomic E-state index is -0.241. The number of ketones is 1. The maximum Gasteiger partial charge on any atom is 0.163 e. The zero-order valence-corrected chi connectivity index (χ0v) is 7.22. The van der Waals surface area contributed by atoms with E-state index in [4.69, 9.17) is 17.3 Å². The van der Waals surface area contributed by atoms with Crippen LogP contribution >= 0.6 is 11.6 Å². The topological polar surface area (TPSA) is 63.3 Å². The molecule has 0 saturated carbocycles. The zero-order valence-electron chi connectivity index (χ0n) is 6.47. The highest BCUT2D eigenvalue weighted by atomic mass is 35.5. The molecule has 0 amide bonds. The van der Waals surface area contributed by atoms with Crippen molar-refractivity contribution in [3.05, 3.63) is 22.7 Å². The molecule has 1 rings (SSSR count). The van der Waals surface area contributed by atoms with Gasteiger partial charge >= 0.3 is 0 Å². The molecule has 0 saturated heterocycles. The van der Waals surface area contributed by atoms with Gasteiger partial charge in [0.1, 0.15) is 5.75 Å². The maximum absolute atomic E-state index is 10.9. The Morgan fingerprint density at radius 1 is 1.58 bits per heavy atom. The first kappa shape index (κ1) is 8.87. The molecule has 0 bridgehead atoms. The highest BCUT2D eigenvalue weighted by Crippen LogP contribution is 2.27. The van der Waals surface area contributed by atoms with Crippen LogP contribution in [0, 0.1) is 0 Å². The summed E-state index contributed by atoms with van der Waals surface area (Å²) in [6.07, 6.45) is 0. The smallest absolute Gasteiger partial charge is 0.163 e. The minimum absolute atomic E-state index is 0.135. The first-order valence-electron chi connectivity index (χ1n) is 3.31. The molecule has 3 nitrogen and oxygen atoms in total. The molecular weight excluding hydrogens is 178 g/mol. The number of carbonyl (C=O) groups excluding carboxylic acids is 1. The summed E-state index contributed by atoms with van der Waals surface area (Å²) >= 11 is 5.64. The third kappa shape index (κ3) is 1.51. The normalized spacial score (nSPS) is 9.83. The molecular formula is C8H8ClNO2. The first-order valence-corrected chi connectivity index (χ1v) is 3.69. The molecule has 0 atom stereocenters. The molecule has 1 aromatic carbocycles. The van der Waals surface area contributed by atoms with Gasteiger partial charge in [-0.1, -0.05) is 11.6 Å². The van der Waals surface area contributed by atoms with Crippen molar-refractivity contribution < 1.29 is 9.90 Å². The second-order valence-electron chi connectivity index (χ2n) is 2.45. The summed E-state index contributed by atoms with van der Waals surface area (Å²) in [5.74, 6) is -0.376. The van der Waals surface area contributed by atoms with Gasteiger partial charge in [0.05, 0.1) is 16.3 Å². The summed E-state index contributed by atoms with van der Waals surface area (Å²) in [7, 11) is 0. The van der Waals surface area contributed by atoms with E-state index in [0.29, 0.717) is 0 Å².